The number of hydrogen-bond donors (Lipinski definition) is 3. The van der Waals surface area contributed by atoms with Gasteiger partial charge in [0.1, 0.15) is 5.82 Å². The molecule has 2 aromatic carbocycles. The number of carbonyl (C=O) groups is 2. The van der Waals surface area contributed by atoms with Crippen molar-refractivity contribution >= 4 is 35.1 Å². The van der Waals surface area contributed by atoms with Crippen LogP contribution in [0.4, 0.5) is 4.39 Å². The van der Waals surface area contributed by atoms with Gasteiger partial charge in [-0.2, -0.15) is 5.10 Å². The average molecular weight is 438 g/mol. The topological polar surface area (TPSA) is 104 Å². The van der Waals surface area contributed by atoms with Gasteiger partial charge in [-0.15, -0.1) is 0 Å². The Bertz CT molecular complexity index is 1070. The molecule has 0 bridgehead atoms. The first-order valence-corrected chi connectivity index (χ1v) is 9.03. The molecule has 1 unspecified atom stereocenters. The molecule has 0 aliphatic heterocycles. The largest absolute Gasteiger partial charge is 0.493 e. The first-order valence-electron chi connectivity index (χ1n) is 8.27. The average Bonchev–Trinajstić information content (AvgIpc) is 3.05. The molecule has 0 saturated carbocycles. The van der Waals surface area contributed by atoms with E-state index in [1.54, 1.807) is 24.3 Å². The first-order chi connectivity index (χ1) is 13.7. The third-order valence-electron chi connectivity index (χ3n) is 4.01. The molecule has 3 aromatic rings. The van der Waals surface area contributed by atoms with Crippen molar-refractivity contribution in [3.63, 3.8) is 0 Å². The molecule has 0 radical (unpaired) electrons. The maximum absolute atomic E-state index is 13.6. The standard InChI is InChI=1S/C19H14Cl2FN3O4/c20-10-1-4-12(5-2-10)25-17(26)8-16(24-25)19(29)23-15(9-18(27)28)13-7-11(22)3-6-14(13)21/h1-8,15,26H,9H2,(H,23,29)(H,27,28). The number of carboxylic acids is 1. The predicted molar refractivity (Wildman–Crippen MR) is 104 cm³/mol. The normalized spacial score (nSPS) is 11.8. The molecule has 3 rings (SSSR count). The second kappa shape index (κ2) is 8.50. The number of nitrogens with zero attached hydrogens (tertiary/aromatic N) is 2. The zero-order valence-corrected chi connectivity index (χ0v) is 16.2. The Morgan fingerprint density at radius 3 is 2.48 bits per heavy atom. The number of aliphatic carboxylic acids is 1. The number of rotatable bonds is 6. The highest BCUT2D eigenvalue weighted by Gasteiger charge is 2.24. The Morgan fingerprint density at radius 2 is 1.83 bits per heavy atom. The number of hydrogen-bond acceptors (Lipinski definition) is 4. The molecule has 29 heavy (non-hydrogen) atoms. The highest BCUT2D eigenvalue weighted by Crippen LogP contribution is 2.27. The maximum atomic E-state index is 13.6. The fourth-order valence-electron chi connectivity index (χ4n) is 2.68. The first kappa shape index (κ1) is 20.6. The van der Waals surface area contributed by atoms with Crippen molar-refractivity contribution < 1.29 is 24.2 Å². The van der Waals surface area contributed by atoms with Crippen molar-refractivity contribution in [3.05, 3.63) is 75.7 Å². The van der Waals surface area contributed by atoms with Gasteiger partial charge in [0, 0.05) is 16.1 Å². The molecule has 10 heteroatoms. The zero-order valence-electron chi connectivity index (χ0n) is 14.6. The summed E-state index contributed by atoms with van der Waals surface area (Å²) in [5.41, 5.74) is 0.408. The summed E-state index contributed by atoms with van der Waals surface area (Å²) in [6, 6.07) is 9.83. The molecule has 1 aromatic heterocycles. The van der Waals surface area contributed by atoms with E-state index in [9.17, 15) is 19.1 Å². The second-order valence-electron chi connectivity index (χ2n) is 6.07. The van der Waals surface area contributed by atoms with E-state index in [1.807, 2.05) is 0 Å². The van der Waals surface area contributed by atoms with Gasteiger partial charge in [0.15, 0.2) is 5.69 Å². The van der Waals surface area contributed by atoms with Crippen LogP contribution in [-0.4, -0.2) is 31.9 Å². The van der Waals surface area contributed by atoms with Gasteiger partial charge in [-0.05, 0) is 48.0 Å². The number of carboxylic acid groups (broad SMARTS) is 1. The summed E-state index contributed by atoms with van der Waals surface area (Å²) in [5.74, 6) is -2.92. The monoisotopic (exact) mass is 437 g/mol. The van der Waals surface area contributed by atoms with Crippen LogP contribution in [0.1, 0.15) is 28.5 Å². The van der Waals surface area contributed by atoms with Gasteiger partial charge in [0.25, 0.3) is 5.91 Å². The van der Waals surface area contributed by atoms with Crippen molar-refractivity contribution in [2.75, 3.05) is 0 Å². The lowest BCUT2D eigenvalue weighted by molar-refractivity contribution is -0.137. The molecule has 150 valence electrons. The van der Waals surface area contributed by atoms with E-state index in [4.69, 9.17) is 28.3 Å². The van der Waals surface area contributed by atoms with Crippen molar-refractivity contribution in [1.29, 1.82) is 0 Å². The minimum absolute atomic E-state index is 0.104. The molecular formula is C19H14Cl2FN3O4. The minimum atomic E-state index is -1.22. The van der Waals surface area contributed by atoms with Crippen LogP contribution < -0.4 is 5.32 Å². The van der Waals surface area contributed by atoms with E-state index in [-0.39, 0.29) is 22.2 Å². The Morgan fingerprint density at radius 1 is 1.14 bits per heavy atom. The van der Waals surface area contributed by atoms with E-state index in [0.717, 1.165) is 22.9 Å². The summed E-state index contributed by atoms with van der Waals surface area (Å²) < 4.78 is 14.7. The lowest BCUT2D eigenvalue weighted by Crippen LogP contribution is -2.31. The quantitative estimate of drug-likeness (QED) is 0.541. The summed E-state index contributed by atoms with van der Waals surface area (Å²) in [6.45, 7) is 0. The summed E-state index contributed by atoms with van der Waals surface area (Å²) >= 11 is 11.9. The molecule has 1 amide bonds. The van der Waals surface area contributed by atoms with E-state index < -0.39 is 30.2 Å². The summed E-state index contributed by atoms with van der Waals surface area (Å²) in [4.78, 5) is 23.8. The molecule has 0 spiro atoms. The number of benzene rings is 2. The molecule has 0 aliphatic carbocycles. The highest BCUT2D eigenvalue weighted by molar-refractivity contribution is 6.31. The minimum Gasteiger partial charge on any atom is -0.493 e. The molecule has 0 saturated heterocycles. The fraction of sp³-hybridized carbons (Fsp3) is 0.105. The zero-order chi connectivity index (χ0) is 21.1. The van der Waals surface area contributed by atoms with Crippen LogP contribution in [0.5, 0.6) is 5.88 Å². The van der Waals surface area contributed by atoms with E-state index in [2.05, 4.69) is 10.4 Å². The third-order valence-corrected chi connectivity index (χ3v) is 4.61. The molecular weight excluding hydrogens is 424 g/mol. The van der Waals surface area contributed by atoms with Gasteiger partial charge in [-0.1, -0.05) is 23.2 Å². The Kier molecular flexibility index (Phi) is 6.05. The highest BCUT2D eigenvalue weighted by atomic mass is 35.5. The van der Waals surface area contributed by atoms with Crippen LogP contribution >= 0.6 is 23.2 Å². The summed E-state index contributed by atoms with van der Waals surface area (Å²) in [6.07, 6.45) is -0.529. The lowest BCUT2D eigenvalue weighted by Gasteiger charge is -2.18. The molecule has 1 atom stereocenters. The molecule has 0 aliphatic rings. The number of aromatic hydroxyl groups is 1. The summed E-state index contributed by atoms with van der Waals surface area (Å²) in [5, 5.41) is 26.3. The number of carbonyl (C=O) groups excluding carboxylic acids is 1. The van der Waals surface area contributed by atoms with E-state index in [0.29, 0.717) is 10.7 Å². The van der Waals surface area contributed by atoms with Gasteiger partial charge in [0.2, 0.25) is 5.88 Å². The number of halogens is 3. The smallest absolute Gasteiger partial charge is 0.305 e. The molecule has 1 heterocycles. The number of aromatic nitrogens is 2. The molecule has 7 nitrogen and oxygen atoms in total. The van der Waals surface area contributed by atoms with E-state index in [1.165, 1.54) is 6.07 Å². The Hall–Kier alpha value is -3.10. The van der Waals surface area contributed by atoms with Crippen LogP contribution in [0.25, 0.3) is 5.69 Å². The lowest BCUT2D eigenvalue weighted by atomic mass is 10.0. The van der Waals surface area contributed by atoms with Gasteiger partial charge in [-0.3, -0.25) is 9.59 Å². The van der Waals surface area contributed by atoms with Crippen LogP contribution in [0.2, 0.25) is 10.0 Å². The van der Waals surface area contributed by atoms with Crippen LogP contribution in [0.3, 0.4) is 0 Å². The van der Waals surface area contributed by atoms with Gasteiger partial charge in [-0.25, -0.2) is 9.07 Å². The Labute approximate surface area is 174 Å². The summed E-state index contributed by atoms with van der Waals surface area (Å²) in [7, 11) is 0. The van der Waals surface area contributed by atoms with Crippen LogP contribution in [-0.2, 0) is 4.79 Å². The second-order valence-corrected chi connectivity index (χ2v) is 6.91. The predicted octanol–water partition coefficient (Wildman–Crippen LogP) is 3.97. The SMILES string of the molecule is O=C(O)CC(NC(=O)c1cc(O)n(-c2ccc(Cl)cc2)n1)c1cc(F)ccc1Cl. The maximum Gasteiger partial charge on any atom is 0.305 e. The fourth-order valence-corrected chi connectivity index (χ4v) is 3.06. The van der Waals surface area contributed by atoms with E-state index >= 15 is 0 Å². The molecule has 3 N–H and O–H groups in total. The van der Waals surface area contributed by atoms with Gasteiger partial charge in [0.05, 0.1) is 18.2 Å². The number of nitrogens with one attached hydrogen (secondary N) is 1. The van der Waals surface area contributed by atoms with Crippen LogP contribution in [0, 0.1) is 5.82 Å². The van der Waals surface area contributed by atoms with Crippen molar-refractivity contribution in [3.8, 4) is 11.6 Å². The van der Waals surface area contributed by atoms with Crippen molar-refractivity contribution in [2.24, 2.45) is 0 Å². The number of amides is 1. The van der Waals surface area contributed by atoms with Crippen molar-refractivity contribution in [1.82, 2.24) is 15.1 Å². The van der Waals surface area contributed by atoms with Crippen molar-refractivity contribution in [2.45, 2.75) is 12.5 Å². The Balaban J connectivity index is 1.88. The molecule has 0 fully saturated rings. The van der Waals surface area contributed by atoms with Gasteiger partial charge >= 0.3 is 5.97 Å². The van der Waals surface area contributed by atoms with Gasteiger partial charge < -0.3 is 15.5 Å². The third kappa shape index (κ3) is 4.85. The van der Waals surface area contributed by atoms with Crippen LogP contribution in [0.15, 0.2) is 48.5 Å².